The summed E-state index contributed by atoms with van der Waals surface area (Å²) in [6, 6.07) is 8.84. The predicted octanol–water partition coefficient (Wildman–Crippen LogP) is 3.04. The molecule has 0 aromatic heterocycles. The molecule has 0 saturated carbocycles. The molecule has 0 spiro atoms. The summed E-state index contributed by atoms with van der Waals surface area (Å²) in [6.45, 7) is 6.27. The normalized spacial score (nSPS) is 12.2. The first-order valence-electron chi connectivity index (χ1n) is 6.83. The zero-order chi connectivity index (χ0) is 13.4. The molecule has 1 aromatic rings. The van der Waals surface area contributed by atoms with E-state index in [-0.39, 0.29) is 0 Å². The molecule has 0 fully saturated rings. The highest BCUT2D eigenvalue weighted by atomic mass is 16.5. The monoisotopic (exact) mass is 250 g/mol. The first-order valence-corrected chi connectivity index (χ1v) is 6.83. The number of hydrogen-bond acceptors (Lipinski definition) is 3. The van der Waals surface area contributed by atoms with Gasteiger partial charge in [0, 0.05) is 18.3 Å². The summed E-state index contributed by atoms with van der Waals surface area (Å²) in [4.78, 5) is 2.44. The lowest BCUT2D eigenvalue weighted by Gasteiger charge is -2.31. The zero-order valence-corrected chi connectivity index (χ0v) is 11.9. The average Bonchev–Trinajstić information content (AvgIpc) is 2.40. The molecule has 2 N–H and O–H groups in total. The molecule has 3 nitrogen and oxygen atoms in total. The van der Waals surface area contributed by atoms with E-state index in [1.165, 1.54) is 18.5 Å². The zero-order valence-electron chi connectivity index (χ0n) is 11.9. The molecule has 0 saturated heterocycles. The summed E-state index contributed by atoms with van der Waals surface area (Å²) in [5.74, 6) is 0.903. The maximum Gasteiger partial charge on any atom is 0.119 e. The van der Waals surface area contributed by atoms with Gasteiger partial charge < -0.3 is 15.4 Å². The van der Waals surface area contributed by atoms with Gasteiger partial charge in [-0.15, -0.1) is 0 Å². The van der Waals surface area contributed by atoms with Gasteiger partial charge in [-0.1, -0.05) is 13.3 Å². The lowest BCUT2D eigenvalue weighted by atomic mass is 10.1. The number of hydrogen-bond donors (Lipinski definition) is 1. The van der Waals surface area contributed by atoms with Crippen molar-refractivity contribution in [3.05, 3.63) is 24.3 Å². The van der Waals surface area contributed by atoms with Crippen molar-refractivity contribution in [2.24, 2.45) is 5.73 Å². The highest BCUT2D eigenvalue weighted by Gasteiger charge is 2.13. The number of anilines is 1. The number of nitrogens with two attached hydrogens (primary N) is 1. The summed E-state index contributed by atoms with van der Waals surface area (Å²) in [5, 5.41) is 0. The van der Waals surface area contributed by atoms with Gasteiger partial charge in [0.25, 0.3) is 0 Å². The second-order valence-corrected chi connectivity index (χ2v) is 4.67. The van der Waals surface area contributed by atoms with E-state index in [1.54, 1.807) is 7.11 Å². The van der Waals surface area contributed by atoms with Crippen molar-refractivity contribution in [2.45, 2.75) is 39.2 Å². The Morgan fingerprint density at radius 1 is 1.28 bits per heavy atom. The summed E-state index contributed by atoms with van der Waals surface area (Å²) < 4.78 is 5.20. The van der Waals surface area contributed by atoms with E-state index in [0.717, 1.165) is 25.3 Å². The number of methoxy groups -OCH3 is 1. The SMILES string of the molecule is CCCC(C)N(CCCN)c1ccc(OC)cc1. The van der Waals surface area contributed by atoms with Crippen LogP contribution in [0.4, 0.5) is 5.69 Å². The van der Waals surface area contributed by atoms with Crippen LogP contribution in [0.3, 0.4) is 0 Å². The number of nitrogens with zero attached hydrogens (tertiary/aromatic N) is 1. The molecule has 102 valence electrons. The summed E-state index contributed by atoms with van der Waals surface area (Å²) in [7, 11) is 1.70. The van der Waals surface area contributed by atoms with Crippen molar-refractivity contribution in [1.82, 2.24) is 0 Å². The van der Waals surface area contributed by atoms with E-state index in [1.807, 2.05) is 12.1 Å². The molecule has 1 rings (SSSR count). The Kier molecular flexibility index (Phi) is 6.58. The lowest BCUT2D eigenvalue weighted by molar-refractivity contribution is 0.414. The predicted molar refractivity (Wildman–Crippen MR) is 78.4 cm³/mol. The van der Waals surface area contributed by atoms with Gasteiger partial charge in [-0.05, 0) is 50.6 Å². The topological polar surface area (TPSA) is 38.5 Å². The molecule has 3 heteroatoms. The van der Waals surface area contributed by atoms with Gasteiger partial charge in [-0.25, -0.2) is 0 Å². The van der Waals surface area contributed by atoms with E-state index in [2.05, 4.69) is 30.9 Å². The summed E-state index contributed by atoms with van der Waals surface area (Å²) in [6.07, 6.45) is 3.44. The maximum absolute atomic E-state index is 5.63. The van der Waals surface area contributed by atoms with Gasteiger partial charge in [0.1, 0.15) is 5.75 Å². The molecule has 18 heavy (non-hydrogen) atoms. The molecule has 0 aliphatic carbocycles. The number of rotatable bonds is 8. The van der Waals surface area contributed by atoms with Crippen LogP contribution in [0.2, 0.25) is 0 Å². The first-order chi connectivity index (χ1) is 8.72. The van der Waals surface area contributed by atoms with Crippen LogP contribution in [0.15, 0.2) is 24.3 Å². The molecule has 0 aliphatic rings. The Labute approximate surface area is 111 Å². The van der Waals surface area contributed by atoms with Crippen LogP contribution in [0, 0.1) is 0 Å². The molecule has 0 bridgehead atoms. The quantitative estimate of drug-likeness (QED) is 0.770. The largest absolute Gasteiger partial charge is 0.497 e. The molecule has 0 radical (unpaired) electrons. The van der Waals surface area contributed by atoms with Crippen molar-refractivity contribution < 1.29 is 4.74 Å². The van der Waals surface area contributed by atoms with Crippen LogP contribution in [0.25, 0.3) is 0 Å². The third-order valence-corrected chi connectivity index (χ3v) is 3.25. The van der Waals surface area contributed by atoms with E-state index < -0.39 is 0 Å². The minimum absolute atomic E-state index is 0.551. The molecular formula is C15H26N2O. The molecular weight excluding hydrogens is 224 g/mol. The van der Waals surface area contributed by atoms with Gasteiger partial charge in [0.15, 0.2) is 0 Å². The third-order valence-electron chi connectivity index (χ3n) is 3.25. The number of ether oxygens (including phenoxy) is 1. The minimum Gasteiger partial charge on any atom is -0.497 e. The fourth-order valence-corrected chi connectivity index (χ4v) is 2.21. The molecule has 0 amide bonds. The van der Waals surface area contributed by atoms with E-state index in [4.69, 9.17) is 10.5 Å². The minimum atomic E-state index is 0.551. The van der Waals surface area contributed by atoms with Crippen LogP contribution in [0.5, 0.6) is 5.75 Å². The van der Waals surface area contributed by atoms with Gasteiger partial charge in [-0.3, -0.25) is 0 Å². The molecule has 1 unspecified atom stereocenters. The van der Waals surface area contributed by atoms with Crippen LogP contribution in [0.1, 0.15) is 33.1 Å². The maximum atomic E-state index is 5.63. The van der Waals surface area contributed by atoms with E-state index in [0.29, 0.717) is 6.04 Å². The van der Waals surface area contributed by atoms with Crippen LogP contribution in [-0.4, -0.2) is 26.2 Å². The standard InChI is InChI=1S/C15H26N2O/c1-4-6-13(2)17(12-5-11-16)14-7-9-15(18-3)10-8-14/h7-10,13H,4-6,11-12,16H2,1-3H3. The summed E-state index contributed by atoms with van der Waals surface area (Å²) >= 11 is 0. The van der Waals surface area contributed by atoms with Gasteiger partial charge >= 0.3 is 0 Å². The fourth-order valence-electron chi connectivity index (χ4n) is 2.21. The average molecular weight is 250 g/mol. The van der Waals surface area contributed by atoms with Crippen molar-refractivity contribution in [3.63, 3.8) is 0 Å². The highest BCUT2D eigenvalue weighted by Crippen LogP contribution is 2.22. The third kappa shape index (κ3) is 4.22. The fraction of sp³-hybridized carbons (Fsp3) is 0.600. The van der Waals surface area contributed by atoms with Gasteiger partial charge in [0.05, 0.1) is 7.11 Å². The lowest BCUT2D eigenvalue weighted by Crippen LogP contribution is -2.34. The van der Waals surface area contributed by atoms with Crippen molar-refractivity contribution in [3.8, 4) is 5.75 Å². The van der Waals surface area contributed by atoms with Gasteiger partial charge in [-0.2, -0.15) is 0 Å². The van der Waals surface area contributed by atoms with E-state index >= 15 is 0 Å². The second kappa shape index (κ2) is 7.98. The Hall–Kier alpha value is -1.22. The van der Waals surface area contributed by atoms with Crippen LogP contribution < -0.4 is 15.4 Å². The Morgan fingerprint density at radius 2 is 1.94 bits per heavy atom. The Bertz CT molecular complexity index is 324. The molecule has 0 aliphatic heterocycles. The summed E-state index contributed by atoms with van der Waals surface area (Å²) in [5.41, 5.74) is 6.88. The Balaban J connectivity index is 2.79. The Morgan fingerprint density at radius 3 is 2.44 bits per heavy atom. The molecule has 1 aromatic carbocycles. The molecule has 0 heterocycles. The molecule has 1 atom stereocenters. The van der Waals surface area contributed by atoms with Gasteiger partial charge in [0.2, 0.25) is 0 Å². The smallest absolute Gasteiger partial charge is 0.119 e. The van der Waals surface area contributed by atoms with Crippen molar-refractivity contribution >= 4 is 5.69 Å². The van der Waals surface area contributed by atoms with Crippen molar-refractivity contribution in [1.29, 1.82) is 0 Å². The second-order valence-electron chi connectivity index (χ2n) is 4.67. The van der Waals surface area contributed by atoms with Crippen molar-refractivity contribution in [2.75, 3.05) is 25.1 Å². The first kappa shape index (κ1) is 14.8. The van der Waals surface area contributed by atoms with Crippen LogP contribution in [-0.2, 0) is 0 Å². The number of benzene rings is 1. The van der Waals surface area contributed by atoms with Crippen LogP contribution >= 0.6 is 0 Å². The van der Waals surface area contributed by atoms with E-state index in [9.17, 15) is 0 Å². The highest BCUT2D eigenvalue weighted by molar-refractivity contribution is 5.49.